The van der Waals surface area contributed by atoms with Crippen LogP contribution >= 0.6 is 0 Å². The van der Waals surface area contributed by atoms with Gasteiger partial charge >= 0.3 is 0 Å². The number of anilines is 2. The summed E-state index contributed by atoms with van der Waals surface area (Å²) in [5.74, 6) is 1.41. The van der Waals surface area contributed by atoms with E-state index in [-0.39, 0.29) is 5.56 Å². The average Bonchev–Trinajstić information content (AvgIpc) is 3.28. The summed E-state index contributed by atoms with van der Waals surface area (Å²) in [5, 5.41) is 8.00. The first-order chi connectivity index (χ1) is 15.7. The number of aromatic amines is 1. The van der Waals surface area contributed by atoms with Crippen molar-refractivity contribution in [2.45, 2.75) is 13.5 Å². The lowest BCUT2D eigenvalue weighted by Crippen LogP contribution is -2.46. The van der Waals surface area contributed by atoms with Crippen molar-refractivity contribution in [3.63, 3.8) is 0 Å². The van der Waals surface area contributed by atoms with Crippen LogP contribution < -0.4 is 15.8 Å². The molecule has 1 aliphatic rings. The highest BCUT2D eigenvalue weighted by Crippen LogP contribution is 2.16. The number of aromatic nitrogens is 5. The number of fused-ring (bicyclic) bond motifs is 1. The Bertz CT molecular complexity index is 1240. The van der Waals surface area contributed by atoms with E-state index in [4.69, 9.17) is 0 Å². The third-order valence-corrected chi connectivity index (χ3v) is 5.85. The molecule has 32 heavy (non-hydrogen) atoms. The Morgan fingerprint density at radius 3 is 2.56 bits per heavy atom. The van der Waals surface area contributed by atoms with E-state index in [2.05, 4.69) is 54.2 Å². The van der Waals surface area contributed by atoms with Crippen LogP contribution in [0.2, 0.25) is 0 Å². The molecule has 1 aliphatic heterocycles. The van der Waals surface area contributed by atoms with Crippen LogP contribution in [-0.2, 0) is 6.54 Å². The zero-order chi connectivity index (χ0) is 21.9. The molecule has 4 heterocycles. The maximum Gasteiger partial charge on any atom is 0.263 e. The number of H-pyrrole nitrogens is 1. The minimum Gasteiger partial charge on any atom is -0.354 e. The predicted molar refractivity (Wildman–Crippen MR) is 125 cm³/mol. The van der Waals surface area contributed by atoms with Crippen molar-refractivity contribution >= 4 is 22.8 Å². The molecule has 3 aromatic heterocycles. The number of hydrogen-bond donors (Lipinski definition) is 2. The molecule has 1 saturated heterocycles. The number of rotatable bonds is 6. The number of nitrogens with zero attached hydrogens (tertiary/aromatic N) is 6. The summed E-state index contributed by atoms with van der Waals surface area (Å²) in [7, 11) is 0. The molecule has 0 unspecified atom stereocenters. The van der Waals surface area contributed by atoms with Gasteiger partial charge in [0.15, 0.2) is 5.65 Å². The minimum absolute atomic E-state index is 0.223. The molecule has 0 saturated carbocycles. The van der Waals surface area contributed by atoms with Crippen molar-refractivity contribution in [1.29, 1.82) is 0 Å². The summed E-state index contributed by atoms with van der Waals surface area (Å²) in [6.07, 6.45) is 3.42. The summed E-state index contributed by atoms with van der Waals surface area (Å²) in [6.45, 7) is 7.94. The van der Waals surface area contributed by atoms with E-state index in [1.54, 1.807) is 10.9 Å². The maximum absolute atomic E-state index is 12.5. The zero-order valence-corrected chi connectivity index (χ0v) is 18.0. The van der Waals surface area contributed by atoms with Crippen LogP contribution in [0, 0.1) is 0 Å². The SMILES string of the molecule is CCN1CCN(c2ccc(CNc3nc4c(cnn4-c4ccccc4)c(=O)[nH]3)cn2)CC1. The Morgan fingerprint density at radius 1 is 1.03 bits per heavy atom. The summed E-state index contributed by atoms with van der Waals surface area (Å²) < 4.78 is 1.67. The first-order valence-electron chi connectivity index (χ1n) is 10.9. The minimum atomic E-state index is -0.223. The second-order valence-corrected chi connectivity index (χ2v) is 7.84. The van der Waals surface area contributed by atoms with Gasteiger partial charge in [0.2, 0.25) is 5.95 Å². The number of likely N-dealkylation sites (N-methyl/N-ethyl adjacent to an activating group) is 1. The molecule has 0 radical (unpaired) electrons. The fraction of sp³-hybridized carbons (Fsp3) is 0.304. The highest BCUT2D eigenvalue weighted by Gasteiger charge is 2.16. The van der Waals surface area contributed by atoms with Gasteiger partial charge in [0, 0.05) is 38.9 Å². The van der Waals surface area contributed by atoms with Gasteiger partial charge in [0.25, 0.3) is 5.56 Å². The summed E-state index contributed by atoms with van der Waals surface area (Å²) in [4.78, 5) is 29.3. The molecule has 164 valence electrons. The van der Waals surface area contributed by atoms with Crippen LogP contribution in [0.25, 0.3) is 16.7 Å². The van der Waals surface area contributed by atoms with Crippen LogP contribution in [0.3, 0.4) is 0 Å². The standard InChI is InChI=1S/C23H26N8O/c1-2-29-10-12-30(13-11-29)20-9-8-17(14-24-20)15-25-23-27-21-19(22(32)28-23)16-26-31(21)18-6-4-3-5-7-18/h3-9,14,16H,2,10-13,15H2,1H3,(H2,25,27,28,32). The van der Waals surface area contributed by atoms with Gasteiger partial charge in [-0.1, -0.05) is 31.2 Å². The molecular formula is C23H26N8O. The predicted octanol–water partition coefficient (Wildman–Crippen LogP) is 2.26. The van der Waals surface area contributed by atoms with Gasteiger partial charge in [0.05, 0.1) is 11.9 Å². The molecule has 0 aliphatic carbocycles. The number of para-hydroxylation sites is 1. The molecular weight excluding hydrogens is 404 g/mol. The van der Waals surface area contributed by atoms with E-state index in [9.17, 15) is 4.79 Å². The average molecular weight is 431 g/mol. The van der Waals surface area contributed by atoms with Gasteiger partial charge in [-0.3, -0.25) is 9.78 Å². The smallest absolute Gasteiger partial charge is 0.263 e. The van der Waals surface area contributed by atoms with Gasteiger partial charge in [-0.2, -0.15) is 10.1 Å². The Morgan fingerprint density at radius 2 is 1.84 bits per heavy atom. The summed E-state index contributed by atoms with van der Waals surface area (Å²) in [5.41, 5.74) is 2.16. The van der Waals surface area contributed by atoms with E-state index in [0.29, 0.717) is 23.5 Å². The molecule has 5 rings (SSSR count). The van der Waals surface area contributed by atoms with Crippen molar-refractivity contribution in [3.05, 3.63) is 70.8 Å². The van der Waals surface area contributed by atoms with Crippen molar-refractivity contribution in [2.24, 2.45) is 0 Å². The Balaban J connectivity index is 1.30. The lowest BCUT2D eigenvalue weighted by Gasteiger charge is -2.34. The second-order valence-electron chi connectivity index (χ2n) is 7.84. The number of pyridine rings is 1. The molecule has 0 bridgehead atoms. The van der Waals surface area contributed by atoms with E-state index in [1.807, 2.05) is 36.5 Å². The largest absolute Gasteiger partial charge is 0.354 e. The van der Waals surface area contributed by atoms with Crippen LogP contribution in [0.4, 0.5) is 11.8 Å². The van der Waals surface area contributed by atoms with Crippen molar-refractivity contribution in [1.82, 2.24) is 29.6 Å². The van der Waals surface area contributed by atoms with Crippen LogP contribution in [0.15, 0.2) is 59.7 Å². The van der Waals surface area contributed by atoms with E-state index >= 15 is 0 Å². The molecule has 0 spiro atoms. The van der Waals surface area contributed by atoms with Crippen LogP contribution in [0.1, 0.15) is 12.5 Å². The van der Waals surface area contributed by atoms with Gasteiger partial charge in [-0.25, -0.2) is 9.67 Å². The number of benzene rings is 1. The monoisotopic (exact) mass is 430 g/mol. The first-order valence-corrected chi connectivity index (χ1v) is 10.9. The van der Waals surface area contributed by atoms with E-state index in [0.717, 1.165) is 49.8 Å². The molecule has 9 nitrogen and oxygen atoms in total. The Labute approximate surface area is 185 Å². The molecule has 0 atom stereocenters. The molecule has 1 fully saturated rings. The number of piperazine rings is 1. The van der Waals surface area contributed by atoms with Crippen LogP contribution in [0.5, 0.6) is 0 Å². The maximum atomic E-state index is 12.5. The number of hydrogen-bond acceptors (Lipinski definition) is 7. The summed E-state index contributed by atoms with van der Waals surface area (Å²) in [6, 6.07) is 13.8. The van der Waals surface area contributed by atoms with Gasteiger partial charge in [-0.05, 0) is 30.3 Å². The second kappa shape index (κ2) is 8.80. The Kier molecular flexibility index (Phi) is 5.55. The third-order valence-electron chi connectivity index (χ3n) is 5.85. The Hall–Kier alpha value is -3.72. The van der Waals surface area contributed by atoms with Crippen molar-refractivity contribution < 1.29 is 0 Å². The fourth-order valence-electron chi connectivity index (χ4n) is 3.95. The van der Waals surface area contributed by atoms with E-state index in [1.165, 1.54) is 0 Å². The van der Waals surface area contributed by atoms with Gasteiger partial charge in [-0.15, -0.1) is 0 Å². The quantitative estimate of drug-likeness (QED) is 0.484. The molecule has 0 amide bonds. The zero-order valence-electron chi connectivity index (χ0n) is 18.0. The normalized spacial score (nSPS) is 14.7. The fourth-order valence-corrected chi connectivity index (χ4v) is 3.95. The highest BCUT2D eigenvalue weighted by molar-refractivity contribution is 5.76. The lowest BCUT2D eigenvalue weighted by molar-refractivity contribution is 0.270. The van der Waals surface area contributed by atoms with Gasteiger partial charge < -0.3 is 15.1 Å². The lowest BCUT2D eigenvalue weighted by atomic mass is 10.2. The van der Waals surface area contributed by atoms with Crippen LogP contribution in [-0.4, -0.2) is 62.4 Å². The first kappa shape index (κ1) is 20.2. The number of nitrogens with one attached hydrogen (secondary N) is 2. The van der Waals surface area contributed by atoms with Crippen molar-refractivity contribution in [3.8, 4) is 5.69 Å². The molecule has 1 aromatic carbocycles. The summed E-state index contributed by atoms with van der Waals surface area (Å²) >= 11 is 0. The molecule has 2 N–H and O–H groups in total. The van der Waals surface area contributed by atoms with Crippen molar-refractivity contribution in [2.75, 3.05) is 42.9 Å². The topological polar surface area (TPSA) is 95.0 Å². The molecule has 4 aromatic rings. The highest BCUT2D eigenvalue weighted by atomic mass is 16.1. The third kappa shape index (κ3) is 4.06. The van der Waals surface area contributed by atoms with E-state index < -0.39 is 0 Å². The molecule has 9 heteroatoms. The van der Waals surface area contributed by atoms with Gasteiger partial charge in [0.1, 0.15) is 11.2 Å².